The van der Waals surface area contributed by atoms with Crippen molar-refractivity contribution in [2.45, 2.75) is 19.3 Å². The zero-order valence-corrected chi connectivity index (χ0v) is 17.8. The summed E-state index contributed by atoms with van der Waals surface area (Å²) in [6.07, 6.45) is -0.215. The van der Waals surface area contributed by atoms with Crippen LogP contribution in [0.3, 0.4) is 0 Å². The molecule has 0 aliphatic heterocycles. The number of Topliss-reactive ketones (excluding diaryl/α,β-unsaturated/α-hetero) is 2. The molecule has 3 N–H and O–H groups in total. The molecule has 0 radical (unpaired) electrons. The van der Waals surface area contributed by atoms with Gasteiger partial charge in [-0.2, -0.15) is 0 Å². The molecule has 11 heteroatoms. The van der Waals surface area contributed by atoms with Crippen LogP contribution in [0.15, 0.2) is 39.9 Å². The summed E-state index contributed by atoms with van der Waals surface area (Å²) in [5.74, 6) is -2.52. The molecule has 0 atom stereocenters. The van der Waals surface area contributed by atoms with Crippen molar-refractivity contribution in [3.05, 3.63) is 62.3 Å². The van der Waals surface area contributed by atoms with Crippen LogP contribution in [0.4, 0.5) is 5.82 Å². The molecule has 1 heterocycles. The van der Waals surface area contributed by atoms with Crippen LogP contribution < -0.4 is 22.3 Å². The maximum absolute atomic E-state index is 12.3. The fourth-order valence-electron chi connectivity index (χ4n) is 2.80. The van der Waals surface area contributed by atoms with E-state index in [1.807, 2.05) is 0 Å². The van der Waals surface area contributed by atoms with Crippen molar-refractivity contribution in [3.63, 3.8) is 0 Å². The quantitative estimate of drug-likeness (QED) is 0.368. The average Bonchev–Trinajstić information content (AvgIpc) is 2.79. The number of carbonyl (C=O) groups excluding carboxylic acids is 4. The number of carbonyl (C=O) groups is 4. The Balaban J connectivity index is 1.77. The molecule has 0 aliphatic rings. The SMILES string of the molecule is Cn1c(N)c(C(=O)COC(=O)CCNC(=O)CCC(=O)c2ccccc2)c(=O)n(C)c1=O. The number of hydrogen-bond acceptors (Lipinski definition) is 8. The highest BCUT2D eigenvalue weighted by Crippen LogP contribution is 2.06. The van der Waals surface area contributed by atoms with E-state index in [9.17, 15) is 28.8 Å². The summed E-state index contributed by atoms with van der Waals surface area (Å²) in [5, 5.41) is 2.49. The van der Waals surface area contributed by atoms with Gasteiger partial charge in [-0.05, 0) is 0 Å². The molecule has 11 nitrogen and oxygen atoms in total. The normalized spacial score (nSPS) is 10.4. The Morgan fingerprint density at radius 1 is 0.938 bits per heavy atom. The van der Waals surface area contributed by atoms with E-state index in [4.69, 9.17) is 10.5 Å². The molecule has 2 rings (SSSR count). The van der Waals surface area contributed by atoms with Crippen LogP contribution in [0.5, 0.6) is 0 Å². The Hall–Kier alpha value is -4.02. The summed E-state index contributed by atoms with van der Waals surface area (Å²) in [4.78, 5) is 71.8. The van der Waals surface area contributed by atoms with Gasteiger partial charge < -0.3 is 15.8 Å². The second-order valence-corrected chi connectivity index (χ2v) is 6.94. The molecule has 0 fully saturated rings. The lowest BCUT2D eigenvalue weighted by molar-refractivity contribution is -0.142. The van der Waals surface area contributed by atoms with Gasteiger partial charge in [-0.25, -0.2) is 4.79 Å². The number of nitrogens with one attached hydrogen (secondary N) is 1. The summed E-state index contributed by atoms with van der Waals surface area (Å²) in [7, 11) is 2.50. The third kappa shape index (κ3) is 6.00. The third-order valence-electron chi connectivity index (χ3n) is 4.68. The lowest BCUT2D eigenvalue weighted by Gasteiger charge is -2.11. The summed E-state index contributed by atoms with van der Waals surface area (Å²) < 4.78 is 6.50. The van der Waals surface area contributed by atoms with Gasteiger partial charge in [0.1, 0.15) is 11.4 Å². The van der Waals surface area contributed by atoms with E-state index in [0.717, 1.165) is 9.13 Å². The minimum absolute atomic E-state index is 0.0312. The standard InChI is InChI=1S/C21H24N4O7/c1-24-19(22)18(20(30)25(2)21(24)31)15(27)12-32-17(29)10-11-23-16(28)9-8-14(26)13-6-4-3-5-7-13/h3-7H,8-12,22H2,1-2H3,(H,23,28). The molecule has 0 saturated carbocycles. The first-order valence-electron chi connectivity index (χ1n) is 9.72. The largest absolute Gasteiger partial charge is 0.457 e. The van der Waals surface area contributed by atoms with Crippen molar-refractivity contribution in [2.24, 2.45) is 14.1 Å². The van der Waals surface area contributed by atoms with Crippen molar-refractivity contribution < 1.29 is 23.9 Å². The highest BCUT2D eigenvalue weighted by atomic mass is 16.5. The van der Waals surface area contributed by atoms with Crippen LogP contribution in [0, 0.1) is 0 Å². The first kappa shape index (κ1) is 24.3. The van der Waals surface area contributed by atoms with E-state index in [1.165, 1.54) is 14.1 Å². The van der Waals surface area contributed by atoms with Gasteiger partial charge in [-0.1, -0.05) is 30.3 Å². The van der Waals surface area contributed by atoms with Gasteiger partial charge in [0.05, 0.1) is 6.42 Å². The number of hydrogen-bond donors (Lipinski definition) is 2. The van der Waals surface area contributed by atoms with Crippen LogP contribution >= 0.6 is 0 Å². The Morgan fingerprint density at radius 3 is 2.25 bits per heavy atom. The van der Waals surface area contributed by atoms with E-state index >= 15 is 0 Å². The Labute approximate surface area is 182 Å². The third-order valence-corrected chi connectivity index (χ3v) is 4.68. The molecule has 0 bridgehead atoms. The monoisotopic (exact) mass is 444 g/mol. The number of nitrogens with zero attached hydrogens (tertiary/aromatic N) is 2. The molecule has 170 valence electrons. The number of amides is 1. The summed E-state index contributed by atoms with van der Waals surface area (Å²) >= 11 is 0. The first-order valence-corrected chi connectivity index (χ1v) is 9.72. The van der Waals surface area contributed by atoms with E-state index in [-0.39, 0.29) is 37.4 Å². The molecule has 0 unspecified atom stereocenters. The second-order valence-electron chi connectivity index (χ2n) is 6.94. The number of aromatic nitrogens is 2. The number of nitrogen functional groups attached to an aromatic ring is 1. The van der Waals surface area contributed by atoms with Crippen molar-refractivity contribution in [1.29, 1.82) is 0 Å². The molecule has 32 heavy (non-hydrogen) atoms. The second kappa shape index (κ2) is 10.8. The Morgan fingerprint density at radius 2 is 1.59 bits per heavy atom. The van der Waals surface area contributed by atoms with Crippen molar-refractivity contribution in [2.75, 3.05) is 18.9 Å². The average molecular weight is 444 g/mol. The van der Waals surface area contributed by atoms with E-state index in [0.29, 0.717) is 5.56 Å². The summed E-state index contributed by atoms with van der Waals surface area (Å²) in [6.45, 7) is -0.787. The van der Waals surface area contributed by atoms with E-state index in [1.54, 1.807) is 30.3 Å². The number of anilines is 1. The van der Waals surface area contributed by atoms with Gasteiger partial charge in [0, 0.05) is 39.0 Å². The predicted octanol–water partition coefficient (Wildman–Crippen LogP) is -0.438. The molecule has 0 saturated heterocycles. The highest BCUT2D eigenvalue weighted by molar-refractivity contribution is 6.01. The van der Waals surface area contributed by atoms with Crippen molar-refractivity contribution >= 4 is 29.3 Å². The van der Waals surface area contributed by atoms with Gasteiger partial charge in [-0.15, -0.1) is 0 Å². The Bertz CT molecular complexity index is 1150. The molecule has 2 aromatic rings. The topological polar surface area (TPSA) is 160 Å². The van der Waals surface area contributed by atoms with Gasteiger partial charge in [0.15, 0.2) is 12.4 Å². The minimum Gasteiger partial charge on any atom is -0.457 e. The fraction of sp³-hybridized carbons (Fsp3) is 0.333. The number of nitrogens with two attached hydrogens (primary N) is 1. The predicted molar refractivity (Wildman–Crippen MR) is 114 cm³/mol. The van der Waals surface area contributed by atoms with Crippen LogP contribution in [0.1, 0.15) is 40.0 Å². The minimum atomic E-state index is -0.885. The number of benzene rings is 1. The van der Waals surface area contributed by atoms with Crippen LogP contribution in [-0.2, 0) is 28.4 Å². The van der Waals surface area contributed by atoms with Crippen LogP contribution in [-0.4, -0.2) is 45.7 Å². The molecule has 0 aliphatic carbocycles. The van der Waals surface area contributed by atoms with Crippen molar-refractivity contribution in [1.82, 2.24) is 14.5 Å². The van der Waals surface area contributed by atoms with Crippen LogP contribution in [0.2, 0.25) is 0 Å². The lowest BCUT2D eigenvalue weighted by Crippen LogP contribution is -2.42. The molecular formula is C21H24N4O7. The highest BCUT2D eigenvalue weighted by Gasteiger charge is 2.21. The zero-order valence-electron chi connectivity index (χ0n) is 17.8. The van der Waals surface area contributed by atoms with Crippen LogP contribution in [0.25, 0.3) is 0 Å². The van der Waals surface area contributed by atoms with Gasteiger partial charge in [0.2, 0.25) is 11.7 Å². The molecule has 0 spiro atoms. The number of esters is 1. The maximum Gasteiger partial charge on any atom is 0.332 e. The lowest BCUT2D eigenvalue weighted by atomic mass is 10.1. The fourth-order valence-corrected chi connectivity index (χ4v) is 2.80. The van der Waals surface area contributed by atoms with Gasteiger partial charge >= 0.3 is 11.7 Å². The first-order chi connectivity index (χ1) is 15.1. The van der Waals surface area contributed by atoms with Crippen molar-refractivity contribution in [3.8, 4) is 0 Å². The smallest absolute Gasteiger partial charge is 0.332 e. The van der Waals surface area contributed by atoms with E-state index < -0.39 is 41.1 Å². The summed E-state index contributed by atoms with van der Waals surface area (Å²) in [5.41, 5.74) is 4.17. The number of ether oxygens (including phenoxy) is 1. The Kier molecular flexibility index (Phi) is 8.22. The molecule has 1 aromatic carbocycles. The molecule has 1 aromatic heterocycles. The maximum atomic E-state index is 12.3. The van der Waals surface area contributed by atoms with Gasteiger partial charge in [-0.3, -0.25) is 33.1 Å². The van der Waals surface area contributed by atoms with Gasteiger partial charge in [0.25, 0.3) is 5.56 Å². The zero-order chi connectivity index (χ0) is 23.8. The van der Waals surface area contributed by atoms with E-state index in [2.05, 4.69) is 5.32 Å². The number of ketones is 2. The number of rotatable bonds is 10. The molecule has 1 amide bonds. The molecular weight excluding hydrogens is 420 g/mol. The summed E-state index contributed by atoms with van der Waals surface area (Å²) in [6, 6.07) is 8.57.